The number of aliphatic hydroxyl groups excluding tert-OH is 1. The van der Waals surface area contributed by atoms with Crippen molar-refractivity contribution in [3.63, 3.8) is 0 Å². The van der Waals surface area contributed by atoms with Gasteiger partial charge in [0.1, 0.15) is 29.7 Å². The maximum absolute atomic E-state index is 14.5. The first kappa shape index (κ1) is 38.0. The molecule has 280 valence electrons. The predicted molar refractivity (Wildman–Crippen MR) is 202 cm³/mol. The van der Waals surface area contributed by atoms with Crippen molar-refractivity contribution in [2.45, 2.75) is 77.0 Å². The summed E-state index contributed by atoms with van der Waals surface area (Å²) in [5.74, 6) is -1.09. The first-order valence-electron chi connectivity index (χ1n) is 17.9. The van der Waals surface area contributed by atoms with Gasteiger partial charge in [0.15, 0.2) is 11.9 Å². The highest BCUT2D eigenvalue weighted by molar-refractivity contribution is 5.88. The van der Waals surface area contributed by atoms with Gasteiger partial charge in [0.05, 0.1) is 29.6 Å². The van der Waals surface area contributed by atoms with E-state index in [1.165, 1.54) is 11.2 Å². The number of hydrogen-bond donors (Lipinski definition) is 2. The normalized spacial score (nSPS) is 19.4. The third-order valence-electron chi connectivity index (χ3n) is 9.87. The number of rotatable bonds is 11. The Balaban J connectivity index is 1.54. The Morgan fingerprint density at radius 2 is 1.48 bits per heavy atom. The largest absolute Gasteiger partial charge is 0.457 e. The molecular weight excluding hydrogens is 686 g/mol. The van der Waals surface area contributed by atoms with Crippen LogP contribution in [0.2, 0.25) is 0 Å². The second-order valence-electron chi connectivity index (χ2n) is 14.8. The van der Waals surface area contributed by atoms with E-state index in [0.717, 1.165) is 16.7 Å². The first-order chi connectivity index (χ1) is 25.9. The van der Waals surface area contributed by atoms with Crippen LogP contribution >= 0.6 is 0 Å². The number of fused-ring (bicyclic) bond motifs is 1. The summed E-state index contributed by atoms with van der Waals surface area (Å²) in [6.07, 6.45) is -0.670. The monoisotopic (exact) mass is 731 g/mol. The van der Waals surface area contributed by atoms with Gasteiger partial charge in [-0.3, -0.25) is 9.69 Å². The molecule has 13 nitrogen and oxygen atoms in total. The Labute approximate surface area is 313 Å². The molecule has 1 aliphatic heterocycles. The van der Waals surface area contributed by atoms with Gasteiger partial charge in [-0.2, -0.15) is 0 Å². The van der Waals surface area contributed by atoms with Crippen LogP contribution in [0, 0.1) is 11.8 Å². The van der Waals surface area contributed by atoms with Gasteiger partial charge >= 0.3 is 12.1 Å². The number of H-pyrrole nitrogens is 1. The second-order valence-corrected chi connectivity index (χ2v) is 14.8. The van der Waals surface area contributed by atoms with Gasteiger partial charge in [0, 0.05) is 16.7 Å². The van der Waals surface area contributed by atoms with E-state index in [9.17, 15) is 20.2 Å². The Morgan fingerprint density at radius 1 is 0.926 bits per heavy atom. The molecular formula is C41H45N7O6. The highest BCUT2D eigenvalue weighted by Gasteiger charge is 2.56. The average Bonchev–Trinajstić information content (AvgIpc) is 3.71. The van der Waals surface area contributed by atoms with Gasteiger partial charge in [-0.25, -0.2) is 14.8 Å². The van der Waals surface area contributed by atoms with Crippen LogP contribution in [0.5, 0.6) is 0 Å². The van der Waals surface area contributed by atoms with E-state index >= 15 is 0 Å². The van der Waals surface area contributed by atoms with Gasteiger partial charge in [-0.1, -0.05) is 112 Å². The minimum absolute atomic E-state index is 0.0383. The van der Waals surface area contributed by atoms with Crippen molar-refractivity contribution in [3.8, 4) is 0 Å². The number of ether oxygens (including phenoxy) is 3. The van der Waals surface area contributed by atoms with Crippen molar-refractivity contribution in [2.24, 2.45) is 17.0 Å². The van der Waals surface area contributed by atoms with E-state index < -0.39 is 53.5 Å². The molecule has 6 rings (SSSR count). The van der Waals surface area contributed by atoms with E-state index in [-0.39, 0.29) is 18.3 Å². The van der Waals surface area contributed by atoms with Gasteiger partial charge in [-0.15, -0.1) is 0 Å². The molecule has 1 amide bonds. The minimum Gasteiger partial charge on any atom is -0.457 e. The van der Waals surface area contributed by atoms with Crippen molar-refractivity contribution in [1.29, 1.82) is 0 Å². The summed E-state index contributed by atoms with van der Waals surface area (Å²) in [5.41, 5.74) is 10.6. The molecule has 3 aromatic carbocycles. The second kappa shape index (κ2) is 15.7. The van der Waals surface area contributed by atoms with Crippen molar-refractivity contribution in [2.75, 3.05) is 6.61 Å². The summed E-state index contributed by atoms with van der Waals surface area (Å²) in [5, 5.41) is 16.1. The van der Waals surface area contributed by atoms with E-state index in [1.807, 2.05) is 105 Å². The zero-order valence-corrected chi connectivity index (χ0v) is 31.2. The predicted octanol–water partition coefficient (Wildman–Crippen LogP) is 8.13. The standard InChI is InChI=1S/C41H45N7O6/c1-25(2)26(3)38(50)53-36-34(30-22-43-33-32(30)44-24-45-37(33)46-47-42)48(39(51)54-40(4,5)6)31(35(36)49)23-52-41(27-16-10-7-11-17-27,28-18-12-8-13-19-28)29-20-14-9-15-21-29/h7-22,24-26,31,34-36,43,49H,23H2,1-6H3/t26?,31-,34+,35-,36+/m1/s1. The van der Waals surface area contributed by atoms with Crippen LogP contribution < -0.4 is 0 Å². The number of nitrogens with one attached hydrogen (secondary N) is 1. The van der Waals surface area contributed by atoms with Crippen molar-refractivity contribution in [1.82, 2.24) is 19.9 Å². The SMILES string of the molecule is CC(C)C(C)C(=O)O[C@@H]1[C@H](O)[C@@H](COC(c2ccccc2)(c2ccccc2)c2ccccc2)N(C(=O)OC(C)(C)C)[C@H]1c1c[nH]c2c(N=[N+]=[N-])ncnc12. The lowest BCUT2D eigenvalue weighted by molar-refractivity contribution is -0.161. The number of nitrogens with zero attached hydrogens (tertiary/aromatic N) is 6. The molecule has 1 unspecified atom stereocenters. The summed E-state index contributed by atoms with van der Waals surface area (Å²) in [6, 6.07) is 27.0. The fourth-order valence-electron chi connectivity index (χ4n) is 6.92. The fourth-order valence-corrected chi connectivity index (χ4v) is 6.92. The summed E-state index contributed by atoms with van der Waals surface area (Å²) in [6.45, 7) is 10.6. The topological polar surface area (TPSA) is 176 Å². The lowest BCUT2D eigenvalue weighted by atomic mass is 9.80. The molecule has 0 saturated carbocycles. The number of carbonyl (C=O) groups is 2. The van der Waals surface area contributed by atoms with Crippen LogP contribution in [0.3, 0.4) is 0 Å². The number of likely N-dealkylation sites (tertiary alicyclic amines) is 1. The van der Waals surface area contributed by atoms with Gasteiger partial charge in [0.2, 0.25) is 0 Å². The minimum atomic E-state index is -1.45. The molecule has 0 spiro atoms. The maximum Gasteiger partial charge on any atom is 0.411 e. The number of hydrogen-bond acceptors (Lipinski definition) is 9. The molecule has 5 atom stereocenters. The Morgan fingerprint density at radius 3 is 1.98 bits per heavy atom. The molecule has 2 N–H and O–H groups in total. The van der Waals surface area contributed by atoms with Gasteiger partial charge in [0.25, 0.3) is 0 Å². The molecule has 54 heavy (non-hydrogen) atoms. The lowest BCUT2D eigenvalue weighted by Crippen LogP contribution is -2.47. The molecule has 1 fully saturated rings. The fraction of sp³-hybridized carbons (Fsp3) is 0.366. The van der Waals surface area contributed by atoms with Crippen molar-refractivity contribution >= 4 is 28.9 Å². The summed E-state index contributed by atoms with van der Waals surface area (Å²) >= 11 is 0. The van der Waals surface area contributed by atoms with Gasteiger partial charge < -0.3 is 24.3 Å². The van der Waals surface area contributed by atoms with Crippen LogP contribution in [0.1, 0.15) is 69.8 Å². The Bertz CT molecular complexity index is 2020. The van der Waals surface area contributed by atoms with E-state index in [4.69, 9.17) is 14.2 Å². The molecule has 2 aromatic heterocycles. The lowest BCUT2D eigenvalue weighted by Gasteiger charge is -2.38. The zero-order chi connectivity index (χ0) is 38.6. The molecule has 1 saturated heterocycles. The quantitative estimate of drug-likeness (QED) is 0.0450. The number of carbonyl (C=O) groups excluding carboxylic acids is 2. The van der Waals surface area contributed by atoms with Crippen LogP contribution in [-0.4, -0.2) is 67.5 Å². The maximum atomic E-state index is 14.5. The van der Waals surface area contributed by atoms with Crippen molar-refractivity contribution < 1.29 is 28.9 Å². The molecule has 1 aliphatic rings. The third-order valence-corrected chi connectivity index (χ3v) is 9.87. The van der Waals surface area contributed by atoms with Crippen LogP contribution in [0.25, 0.3) is 21.5 Å². The first-order valence-corrected chi connectivity index (χ1v) is 17.9. The summed E-state index contributed by atoms with van der Waals surface area (Å²) < 4.78 is 19.4. The number of aromatic nitrogens is 3. The molecule has 0 radical (unpaired) electrons. The zero-order valence-electron chi connectivity index (χ0n) is 31.2. The smallest absolute Gasteiger partial charge is 0.411 e. The molecule has 3 heterocycles. The van der Waals surface area contributed by atoms with Crippen molar-refractivity contribution in [3.05, 3.63) is 136 Å². The average molecular weight is 732 g/mol. The molecule has 5 aromatic rings. The highest BCUT2D eigenvalue weighted by Crippen LogP contribution is 2.46. The highest BCUT2D eigenvalue weighted by atomic mass is 16.6. The number of aliphatic hydroxyl groups is 1. The van der Waals surface area contributed by atoms with Crippen LogP contribution in [-0.2, 0) is 24.6 Å². The summed E-state index contributed by atoms with van der Waals surface area (Å²) in [7, 11) is 0. The number of azide groups is 1. The molecule has 0 bridgehead atoms. The molecule has 0 aliphatic carbocycles. The number of benzene rings is 3. The van der Waals surface area contributed by atoms with E-state index in [2.05, 4.69) is 25.0 Å². The van der Waals surface area contributed by atoms with Gasteiger partial charge in [-0.05, 0) is 54.0 Å². The number of amides is 1. The van der Waals surface area contributed by atoms with E-state index in [0.29, 0.717) is 16.6 Å². The van der Waals surface area contributed by atoms with E-state index in [1.54, 1.807) is 33.9 Å². The third kappa shape index (κ3) is 7.38. The van der Waals surface area contributed by atoms with Crippen LogP contribution in [0.15, 0.2) is 109 Å². The molecule has 13 heteroatoms. The Hall–Kier alpha value is -5.75. The summed E-state index contributed by atoms with van der Waals surface area (Å²) in [4.78, 5) is 44.1. The Kier molecular flexibility index (Phi) is 11.0. The number of esters is 1. The number of aromatic amines is 1. The van der Waals surface area contributed by atoms with Crippen LogP contribution in [0.4, 0.5) is 10.6 Å².